The summed E-state index contributed by atoms with van der Waals surface area (Å²) in [5.74, 6) is 0.709. The van der Waals surface area contributed by atoms with Crippen LogP contribution in [0.3, 0.4) is 0 Å². The van der Waals surface area contributed by atoms with E-state index < -0.39 is 0 Å². The number of carbonyl (C=O) groups excluding carboxylic acids is 1. The third-order valence-electron chi connectivity index (χ3n) is 3.92. The Morgan fingerprint density at radius 3 is 2.29 bits per heavy atom. The van der Waals surface area contributed by atoms with Gasteiger partial charge in [0.15, 0.2) is 0 Å². The fraction of sp³-hybridized carbons (Fsp3) is 0.588. The molecule has 0 saturated heterocycles. The van der Waals surface area contributed by atoms with Gasteiger partial charge in [-0.3, -0.25) is 4.79 Å². The van der Waals surface area contributed by atoms with Crippen molar-refractivity contribution in [3.63, 3.8) is 0 Å². The Bertz CT molecular complexity index is 456. The summed E-state index contributed by atoms with van der Waals surface area (Å²) in [6.07, 6.45) is 0. The van der Waals surface area contributed by atoms with Crippen molar-refractivity contribution in [1.82, 2.24) is 9.80 Å². The molecule has 21 heavy (non-hydrogen) atoms. The van der Waals surface area contributed by atoms with E-state index in [2.05, 4.69) is 18.7 Å². The smallest absolute Gasteiger partial charge is 0.257 e. The fourth-order valence-corrected chi connectivity index (χ4v) is 2.45. The van der Waals surface area contributed by atoms with Crippen molar-refractivity contribution >= 4 is 5.91 Å². The van der Waals surface area contributed by atoms with Crippen LogP contribution >= 0.6 is 0 Å². The first kappa shape index (κ1) is 17.5. The summed E-state index contributed by atoms with van der Waals surface area (Å²) in [6.45, 7) is 12.6. The Morgan fingerprint density at radius 2 is 1.76 bits per heavy atom. The molecule has 0 aliphatic heterocycles. The molecule has 0 unspecified atom stereocenters. The van der Waals surface area contributed by atoms with Gasteiger partial charge in [-0.1, -0.05) is 26.0 Å². The van der Waals surface area contributed by atoms with E-state index in [0.29, 0.717) is 17.9 Å². The van der Waals surface area contributed by atoms with Gasteiger partial charge >= 0.3 is 0 Å². The summed E-state index contributed by atoms with van der Waals surface area (Å²) in [6, 6.07) is 5.71. The molecule has 4 heteroatoms. The largest absolute Gasteiger partial charge is 0.496 e. The van der Waals surface area contributed by atoms with E-state index in [1.165, 1.54) is 0 Å². The first-order valence-corrected chi connectivity index (χ1v) is 7.74. The van der Waals surface area contributed by atoms with Gasteiger partial charge < -0.3 is 14.5 Å². The summed E-state index contributed by atoms with van der Waals surface area (Å²) in [5, 5.41) is 0. The maximum atomic E-state index is 12.8. The minimum absolute atomic E-state index is 0.0552. The second kappa shape index (κ2) is 8.67. The standard InChI is InChI=1S/C17H28N2O2/c1-6-18(7-2)12-13-19(8-3)17(20)16-14(4)10-9-11-15(16)21-5/h9-11H,6-8,12-13H2,1-5H3. The van der Waals surface area contributed by atoms with Gasteiger partial charge in [-0.25, -0.2) is 0 Å². The van der Waals surface area contributed by atoms with Gasteiger partial charge in [-0.15, -0.1) is 0 Å². The summed E-state index contributed by atoms with van der Waals surface area (Å²) < 4.78 is 5.35. The van der Waals surface area contributed by atoms with Crippen LogP contribution < -0.4 is 4.74 Å². The highest BCUT2D eigenvalue weighted by Crippen LogP contribution is 2.23. The third kappa shape index (κ3) is 4.46. The lowest BCUT2D eigenvalue weighted by Crippen LogP contribution is -2.39. The minimum atomic E-state index is 0.0552. The van der Waals surface area contributed by atoms with Crippen molar-refractivity contribution in [3.8, 4) is 5.75 Å². The Kier molecular flexibility index (Phi) is 7.23. The SMILES string of the molecule is CCN(CC)CCN(CC)C(=O)c1c(C)cccc1OC. The van der Waals surface area contributed by atoms with Crippen LogP contribution in [0.5, 0.6) is 5.75 Å². The maximum absolute atomic E-state index is 12.8. The highest BCUT2D eigenvalue weighted by molar-refractivity contribution is 5.98. The van der Waals surface area contributed by atoms with Gasteiger partial charge in [0.2, 0.25) is 0 Å². The molecule has 1 rings (SSSR count). The van der Waals surface area contributed by atoms with Gasteiger partial charge in [-0.05, 0) is 38.6 Å². The molecule has 1 amide bonds. The average Bonchev–Trinajstić information content (AvgIpc) is 2.51. The van der Waals surface area contributed by atoms with E-state index in [1.54, 1.807) is 7.11 Å². The molecule has 0 saturated carbocycles. The molecule has 0 aliphatic rings. The zero-order valence-corrected chi connectivity index (χ0v) is 14.0. The van der Waals surface area contributed by atoms with E-state index >= 15 is 0 Å². The monoisotopic (exact) mass is 292 g/mol. The van der Waals surface area contributed by atoms with Crippen LogP contribution in [0.4, 0.5) is 0 Å². The Labute approximate surface area is 128 Å². The number of aryl methyl sites for hydroxylation is 1. The second-order valence-electron chi connectivity index (χ2n) is 5.06. The van der Waals surface area contributed by atoms with Crippen LogP contribution in [0, 0.1) is 6.92 Å². The molecule has 4 nitrogen and oxygen atoms in total. The highest BCUT2D eigenvalue weighted by atomic mass is 16.5. The van der Waals surface area contributed by atoms with Crippen molar-refractivity contribution in [3.05, 3.63) is 29.3 Å². The molecule has 0 heterocycles. The molecule has 0 aliphatic carbocycles. The van der Waals surface area contributed by atoms with E-state index in [4.69, 9.17) is 4.74 Å². The van der Waals surface area contributed by atoms with Gasteiger partial charge in [0, 0.05) is 19.6 Å². The van der Waals surface area contributed by atoms with Crippen LogP contribution in [-0.2, 0) is 0 Å². The van der Waals surface area contributed by atoms with Gasteiger partial charge in [-0.2, -0.15) is 0 Å². The number of nitrogens with zero attached hydrogens (tertiary/aromatic N) is 2. The Balaban J connectivity index is 2.89. The Hall–Kier alpha value is -1.55. The number of amides is 1. The maximum Gasteiger partial charge on any atom is 0.257 e. The van der Waals surface area contributed by atoms with Crippen molar-refractivity contribution in [2.45, 2.75) is 27.7 Å². The van der Waals surface area contributed by atoms with Gasteiger partial charge in [0.05, 0.1) is 12.7 Å². The predicted molar refractivity (Wildman–Crippen MR) is 87.1 cm³/mol. The first-order chi connectivity index (χ1) is 10.1. The molecule has 1 aromatic carbocycles. The number of likely N-dealkylation sites (N-methyl/N-ethyl adjacent to an activating group) is 2. The quantitative estimate of drug-likeness (QED) is 0.738. The summed E-state index contributed by atoms with van der Waals surface area (Å²) in [7, 11) is 1.61. The van der Waals surface area contributed by atoms with Crippen LogP contribution in [0.15, 0.2) is 18.2 Å². The molecular formula is C17H28N2O2. The van der Waals surface area contributed by atoms with Gasteiger partial charge in [0.25, 0.3) is 5.91 Å². The number of benzene rings is 1. The molecule has 0 atom stereocenters. The fourth-order valence-electron chi connectivity index (χ4n) is 2.45. The third-order valence-corrected chi connectivity index (χ3v) is 3.92. The number of ether oxygens (including phenoxy) is 1. The number of rotatable bonds is 8. The predicted octanol–water partition coefficient (Wildman–Crippen LogP) is 2.81. The van der Waals surface area contributed by atoms with Crippen molar-refractivity contribution in [1.29, 1.82) is 0 Å². The van der Waals surface area contributed by atoms with Crippen LogP contribution in [0.2, 0.25) is 0 Å². The number of hydrogen-bond donors (Lipinski definition) is 0. The zero-order valence-electron chi connectivity index (χ0n) is 14.0. The summed E-state index contributed by atoms with van der Waals surface area (Å²) in [5.41, 5.74) is 1.64. The van der Waals surface area contributed by atoms with E-state index in [-0.39, 0.29) is 5.91 Å². The van der Waals surface area contributed by atoms with E-state index in [0.717, 1.165) is 31.7 Å². The molecule has 118 valence electrons. The van der Waals surface area contributed by atoms with Crippen molar-refractivity contribution in [2.75, 3.05) is 39.8 Å². The topological polar surface area (TPSA) is 32.8 Å². The first-order valence-electron chi connectivity index (χ1n) is 7.74. The normalized spacial score (nSPS) is 10.8. The van der Waals surface area contributed by atoms with E-state index in [1.807, 2.05) is 36.9 Å². The molecule has 0 aromatic heterocycles. The van der Waals surface area contributed by atoms with Crippen molar-refractivity contribution < 1.29 is 9.53 Å². The molecule has 0 fully saturated rings. The van der Waals surface area contributed by atoms with Crippen molar-refractivity contribution in [2.24, 2.45) is 0 Å². The number of hydrogen-bond acceptors (Lipinski definition) is 3. The van der Waals surface area contributed by atoms with Crippen LogP contribution in [0.1, 0.15) is 36.7 Å². The number of carbonyl (C=O) groups is 1. The van der Waals surface area contributed by atoms with Gasteiger partial charge in [0.1, 0.15) is 5.75 Å². The van der Waals surface area contributed by atoms with E-state index in [9.17, 15) is 4.79 Å². The molecule has 0 N–H and O–H groups in total. The second-order valence-corrected chi connectivity index (χ2v) is 5.06. The average molecular weight is 292 g/mol. The molecule has 0 bridgehead atoms. The molecular weight excluding hydrogens is 264 g/mol. The number of methoxy groups -OCH3 is 1. The molecule has 0 spiro atoms. The zero-order chi connectivity index (χ0) is 15.8. The lowest BCUT2D eigenvalue weighted by Gasteiger charge is -2.26. The van der Waals surface area contributed by atoms with Crippen LogP contribution in [0.25, 0.3) is 0 Å². The summed E-state index contributed by atoms with van der Waals surface area (Å²) in [4.78, 5) is 17.0. The minimum Gasteiger partial charge on any atom is -0.496 e. The molecule has 0 radical (unpaired) electrons. The lowest BCUT2D eigenvalue weighted by molar-refractivity contribution is 0.0742. The Morgan fingerprint density at radius 1 is 1.10 bits per heavy atom. The lowest BCUT2D eigenvalue weighted by atomic mass is 10.1. The van der Waals surface area contributed by atoms with Crippen LogP contribution in [-0.4, -0.2) is 55.5 Å². The highest BCUT2D eigenvalue weighted by Gasteiger charge is 2.20. The summed E-state index contributed by atoms with van der Waals surface area (Å²) >= 11 is 0. The molecule has 1 aromatic rings.